The quantitative estimate of drug-likeness (QED) is 0.799. The van der Waals surface area contributed by atoms with Gasteiger partial charge in [0, 0.05) is 39.4 Å². The summed E-state index contributed by atoms with van der Waals surface area (Å²) in [6, 6.07) is 9.77. The van der Waals surface area contributed by atoms with E-state index in [1.165, 1.54) is 0 Å². The summed E-state index contributed by atoms with van der Waals surface area (Å²) >= 11 is 0. The predicted octanol–water partition coefficient (Wildman–Crippen LogP) is 1.74. The number of likely N-dealkylation sites (tertiary alicyclic amines) is 1. The number of rotatable bonds is 7. The van der Waals surface area contributed by atoms with Gasteiger partial charge in [0.05, 0.1) is 6.10 Å². The van der Waals surface area contributed by atoms with Crippen LogP contribution in [0.4, 0.5) is 0 Å². The van der Waals surface area contributed by atoms with Crippen LogP contribution >= 0.6 is 0 Å². The van der Waals surface area contributed by atoms with Gasteiger partial charge in [-0.1, -0.05) is 30.3 Å². The highest BCUT2D eigenvalue weighted by Gasteiger charge is 2.21. The van der Waals surface area contributed by atoms with Crippen LogP contribution in [0, 0.1) is 5.92 Å². The summed E-state index contributed by atoms with van der Waals surface area (Å²) in [4.78, 5) is 25.1. The van der Waals surface area contributed by atoms with Crippen molar-refractivity contribution in [2.75, 3.05) is 19.6 Å². The third-order valence-electron chi connectivity index (χ3n) is 4.69. The van der Waals surface area contributed by atoms with E-state index in [0.717, 1.165) is 37.9 Å². The summed E-state index contributed by atoms with van der Waals surface area (Å²) < 4.78 is 0. The number of hydrogen-bond donors (Lipinski definition) is 2. The number of aliphatic hydroxyl groups is 1. The lowest BCUT2D eigenvalue weighted by Crippen LogP contribution is -2.37. The maximum atomic E-state index is 11.9. The van der Waals surface area contributed by atoms with Crippen molar-refractivity contribution in [3.05, 3.63) is 35.9 Å². The van der Waals surface area contributed by atoms with Gasteiger partial charge in [0.1, 0.15) is 0 Å². The smallest absolute Gasteiger partial charge is 0.220 e. The maximum absolute atomic E-state index is 11.9. The van der Waals surface area contributed by atoms with Gasteiger partial charge in [-0.2, -0.15) is 0 Å². The molecule has 1 fully saturated rings. The highest BCUT2D eigenvalue weighted by molar-refractivity contribution is 5.76. The number of benzene rings is 1. The van der Waals surface area contributed by atoms with Crippen molar-refractivity contribution in [2.24, 2.45) is 5.92 Å². The molecule has 0 radical (unpaired) electrons. The van der Waals surface area contributed by atoms with Crippen LogP contribution in [0.3, 0.4) is 0 Å². The van der Waals surface area contributed by atoms with Crippen LogP contribution in [-0.2, 0) is 16.0 Å². The number of aliphatic hydroxyl groups excluding tert-OH is 1. The summed E-state index contributed by atoms with van der Waals surface area (Å²) in [7, 11) is 0. The minimum absolute atomic E-state index is 0.00360. The Morgan fingerprint density at radius 2 is 1.92 bits per heavy atom. The van der Waals surface area contributed by atoms with Crippen molar-refractivity contribution in [1.82, 2.24) is 10.2 Å². The molecule has 2 N–H and O–H groups in total. The van der Waals surface area contributed by atoms with Gasteiger partial charge in [0.25, 0.3) is 0 Å². The van der Waals surface area contributed by atoms with E-state index >= 15 is 0 Å². The van der Waals surface area contributed by atoms with Gasteiger partial charge in [0.15, 0.2) is 0 Å². The fourth-order valence-corrected chi connectivity index (χ4v) is 3.15. The van der Waals surface area contributed by atoms with E-state index in [9.17, 15) is 14.7 Å². The fraction of sp³-hybridized carbons (Fsp3) is 0.579. The third-order valence-corrected chi connectivity index (χ3v) is 4.69. The molecule has 5 heteroatoms. The zero-order valence-electron chi connectivity index (χ0n) is 14.4. The summed E-state index contributed by atoms with van der Waals surface area (Å²) in [5, 5.41) is 12.8. The average Bonchev–Trinajstić information content (AvgIpc) is 2.59. The van der Waals surface area contributed by atoms with E-state index in [-0.39, 0.29) is 18.4 Å². The highest BCUT2D eigenvalue weighted by atomic mass is 16.3. The Labute approximate surface area is 144 Å². The Bertz CT molecular complexity index is 525. The maximum Gasteiger partial charge on any atom is 0.220 e. The van der Waals surface area contributed by atoms with E-state index < -0.39 is 6.10 Å². The van der Waals surface area contributed by atoms with E-state index in [1.54, 1.807) is 6.92 Å². The van der Waals surface area contributed by atoms with Crippen LogP contribution in [0.25, 0.3) is 0 Å². The number of nitrogens with zero attached hydrogens (tertiary/aromatic N) is 1. The predicted molar refractivity (Wildman–Crippen MR) is 93.4 cm³/mol. The van der Waals surface area contributed by atoms with Gasteiger partial charge < -0.3 is 15.3 Å². The number of carbonyl (C=O) groups is 2. The minimum Gasteiger partial charge on any atom is -0.391 e. The third kappa shape index (κ3) is 6.32. The van der Waals surface area contributed by atoms with Crippen LogP contribution in [0.1, 0.15) is 38.2 Å². The first-order valence-electron chi connectivity index (χ1n) is 8.79. The first-order chi connectivity index (χ1) is 11.5. The van der Waals surface area contributed by atoms with Crippen LogP contribution in [0.2, 0.25) is 0 Å². The number of carbonyl (C=O) groups excluding carboxylic acids is 2. The second kappa shape index (κ2) is 9.42. The van der Waals surface area contributed by atoms with Crippen molar-refractivity contribution in [3.63, 3.8) is 0 Å². The fourth-order valence-electron chi connectivity index (χ4n) is 3.15. The molecule has 1 heterocycles. The first kappa shape index (κ1) is 18.5. The standard InChI is InChI=1S/C19H28N2O3/c1-15(22)21-11-9-16(10-12-21)7-8-19(24)20-14-18(23)13-17-5-3-2-4-6-17/h2-6,16,18,23H,7-14H2,1H3,(H,20,24). The van der Waals surface area contributed by atoms with Crippen LogP contribution in [0.15, 0.2) is 30.3 Å². The number of nitrogens with one attached hydrogen (secondary N) is 1. The van der Waals surface area contributed by atoms with E-state index in [1.807, 2.05) is 35.2 Å². The van der Waals surface area contributed by atoms with Gasteiger partial charge in [0.2, 0.25) is 11.8 Å². The molecular formula is C19H28N2O3. The van der Waals surface area contributed by atoms with Crippen LogP contribution < -0.4 is 5.32 Å². The molecule has 1 saturated heterocycles. The molecule has 2 rings (SSSR count). The largest absolute Gasteiger partial charge is 0.391 e. The average molecular weight is 332 g/mol. The van der Waals surface area contributed by atoms with Gasteiger partial charge in [-0.15, -0.1) is 0 Å². The van der Waals surface area contributed by atoms with Gasteiger partial charge in [-0.3, -0.25) is 9.59 Å². The molecule has 1 aliphatic heterocycles. The zero-order valence-corrected chi connectivity index (χ0v) is 14.4. The molecule has 1 atom stereocenters. The Hall–Kier alpha value is -1.88. The van der Waals surface area contributed by atoms with Crippen molar-refractivity contribution < 1.29 is 14.7 Å². The molecule has 0 aliphatic carbocycles. The molecule has 0 spiro atoms. The Balaban J connectivity index is 1.59. The lowest BCUT2D eigenvalue weighted by molar-refractivity contribution is -0.130. The normalized spacial score (nSPS) is 16.7. The molecule has 1 aromatic carbocycles. The van der Waals surface area contributed by atoms with E-state index in [0.29, 0.717) is 18.8 Å². The van der Waals surface area contributed by atoms with Gasteiger partial charge >= 0.3 is 0 Å². The number of piperidine rings is 1. The van der Waals surface area contributed by atoms with Crippen LogP contribution in [-0.4, -0.2) is 47.6 Å². The molecule has 1 aromatic rings. The van der Waals surface area contributed by atoms with Gasteiger partial charge in [-0.05, 0) is 30.7 Å². The van der Waals surface area contributed by atoms with Crippen molar-refractivity contribution in [2.45, 2.75) is 45.1 Å². The Kier molecular flexibility index (Phi) is 7.25. The van der Waals surface area contributed by atoms with E-state index in [2.05, 4.69) is 5.32 Å². The van der Waals surface area contributed by atoms with Crippen molar-refractivity contribution in [1.29, 1.82) is 0 Å². The molecule has 0 saturated carbocycles. The summed E-state index contributed by atoms with van der Waals surface area (Å²) in [5.74, 6) is 0.648. The molecule has 1 aliphatic rings. The Morgan fingerprint density at radius 3 is 2.54 bits per heavy atom. The molecule has 24 heavy (non-hydrogen) atoms. The lowest BCUT2D eigenvalue weighted by atomic mass is 9.92. The number of amides is 2. The first-order valence-corrected chi connectivity index (χ1v) is 8.79. The zero-order chi connectivity index (χ0) is 17.4. The monoisotopic (exact) mass is 332 g/mol. The molecule has 5 nitrogen and oxygen atoms in total. The summed E-state index contributed by atoms with van der Waals surface area (Å²) in [5.41, 5.74) is 1.07. The lowest BCUT2D eigenvalue weighted by Gasteiger charge is -2.31. The molecule has 1 unspecified atom stereocenters. The highest BCUT2D eigenvalue weighted by Crippen LogP contribution is 2.21. The summed E-state index contributed by atoms with van der Waals surface area (Å²) in [6.45, 7) is 3.50. The number of hydrogen-bond acceptors (Lipinski definition) is 3. The van der Waals surface area contributed by atoms with Crippen LogP contribution in [0.5, 0.6) is 0 Å². The van der Waals surface area contributed by atoms with E-state index in [4.69, 9.17) is 0 Å². The van der Waals surface area contributed by atoms with Gasteiger partial charge in [-0.25, -0.2) is 0 Å². The molecule has 0 aromatic heterocycles. The molecular weight excluding hydrogens is 304 g/mol. The van der Waals surface area contributed by atoms with Crippen molar-refractivity contribution >= 4 is 11.8 Å². The molecule has 132 valence electrons. The Morgan fingerprint density at radius 1 is 1.25 bits per heavy atom. The topological polar surface area (TPSA) is 69.6 Å². The minimum atomic E-state index is -0.560. The molecule has 0 bridgehead atoms. The summed E-state index contributed by atoms with van der Waals surface area (Å²) in [6.07, 6.45) is 3.28. The SMILES string of the molecule is CC(=O)N1CCC(CCC(=O)NCC(O)Cc2ccccc2)CC1. The van der Waals surface area contributed by atoms with Crippen molar-refractivity contribution in [3.8, 4) is 0 Å². The molecule has 2 amide bonds. The second-order valence-corrected chi connectivity index (χ2v) is 6.64. The second-order valence-electron chi connectivity index (χ2n) is 6.64.